The highest BCUT2D eigenvalue weighted by atomic mass is 19.1. The number of rotatable bonds is 2. The van der Waals surface area contributed by atoms with Crippen LogP contribution in [0, 0.1) is 5.82 Å². The summed E-state index contributed by atoms with van der Waals surface area (Å²) in [6.07, 6.45) is 2.70. The van der Waals surface area contributed by atoms with E-state index in [2.05, 4.69) is 5.10 Å². The van der Waals surface area contributed by atoms with Crippen molar-refractivity contribution < 1.29 is 14.3 Å². The van der Waals surface area contributed by atoms with Crippen LogP contribution in [-0.2, 0) is 13.0 Å². The molecule has 0 amide bonds. The molecule has 98 valence electrons. The van der Waals surface area contributed by atoms with Crippen LogP contribution in [0.5, 0.6) is 0 Å². The maximum Gasteiger partial charge on any atom is 0.357 e. The molecule has 1 aliphatic heterocycles. The van der Waals surface area contributed by atoms with E-state index in [4.69, 9.17) is 0 Å². The van der Waals surface area contributed by atoms with Crippen molar-refractivity contribution in [3.05, 3.63) is 41.5 Å². The smallest absolute Gasteiger partial charge is 0.357 e. The van der Waals surface area contributed by atoms with E-state index in [1.54, 1.807) is 22.9 Å². The van der Waals surface area contributed by atoms with E-state index >= 15 is 0 Å². The number of fused-ring (bicyclic) bond motifs is 1. The summed E-state index contributed by atoms with van der Waals surface area (Å²) in [7, 11) is 0. The predicted octanol–water partition coefficient (Wildman–Crippen LogP) is 2.72. The lowest BCUT2D eigenvalue weighted by atomic mass is 9.98. The van der Waals surface area contributed by atoms with Gasteiger partial charge in [-0.1, -0.05) is 18.2 Å². The molecule has 1 N–H and O–H groups in total. The van der Waals surface area contributed by atoms with Gasteiger partial charge in [0.05, 0.1) is 0 Å². The van der Waals surface area contributed by atoms with Gasteiger partial charge in [0, 0.05) is 23.4 Å². The number of hydrogen-bond donors (Lipinski definition) is 1. The van der Waals surface area contributed by atoms with Crippen molar-refractivity contribution in [2.45, 2.75) is 25.8 Å². The highest BCUT2D eigenvalue weighted by molar-refractivity contribution is 5.95. The number of aryl methyl sites for hydroxylation is 1. The van der Waals surface area contributed by atoms with Gasteiger partial charge in [-0.15, -0.1) is 0 Å². The molecular weight excluding hydrogens is 247 g/mol. The Bertz CT molecular complexity index is 649. The SMILES string of the molecule is O=C(O)c1nn2c(c1-c1ccccc1F)CCCC2. The zero-order chi connectivity index (χ0) is 13.4. The number of hydrogen-bond acceptors (Lipinski definition) is 2. The molecule has 1 aromatic carbocycles. The van der Waals surface area contributed by atoms with E-state index < -0.39 is 11.8 Å². The Hall–Kier alpha value is -2.17. The van der Waals surface area contributed by atoms with Gasteiger partial charge in [0.1, 0.15) is 5.82 Å². The quantitative estimate of drug-likeness (QED) is 0.903. The van der Waals surface area contributed by atoms with Gasteiger partial charge < -0.3 is 5.11 Å². The van der Waals surface area contributed by atoms with Gasteiger partial charge in [-0.25, -0.2) is 9.18 Å². The molecule has 2 heterocycles. The first-order valence-electron chi connectivity index (χ1n) is 6.26. The second kappa shape index (κ2) is 4.50. The standard InChI is InChI=1S/C14H13FN2O2/c15-10-6-2-1-5-9(10)12-11-7-3-4-8-17(11)16-13(12)14(18)19/h1-2,5-6H,3-4,7-8H2,(H,18,19). The Morgan fingerprint density at radius 3 is 2.84 bits per heavy atom. The van der Waals surface area contributed by atoms with Gasteiger partial charge in [0.2, 0.25) is 0 Å². The molecule has 1 aromatic heterocycles. The molecule has 0 bridgehead atoms. The average Bonchev–Trinajstić information content (AvgIpc) is 2.79. The predicted molar refractivity (Wildman–Crippen MR) is 67.5 cm³/mol. The lowest BCUT2D eigenvalue weighted by molar-refractivity contribution is 0.0690. The highest BCUT2D eigenvalue weighted by Crippen LogP contribution is 2.32. The number of benzene rings is 1. The van der Waals surface area contributed by atoms with E-state index in [9.17, 15) is 14.3 Å². The zero-order valence-electron chi connectivity index (χ0n) is 10.3. The van der Waals surface area contributed by atoms with Crippen molar-refractivity contribution >= 4 is 5.97 Å². The molecule has 19 heavy (non-hydrogen) atoms. The van der Waals surface area contributed by atoms with Crippen molar-refractivity contribution in [3.8, 4) is 11.1 Å². The van der Waals surface area contributed by atoms with Crippen molar-refractivity contribution in [2.75, 3.05) is 0 Å². The Morgan fingerprint density at radius 1 is 1.32 bits per heavy atom. The molecule has 0 saturated carbocycles. The monoisotopic (exact) mass is 260 g/mol. The molecule has 5 heteroatoms. The topological polar surface area (TPSA) is 55.1 Å². The minimum absolute atomic E-state index is 0.0537. The van der Waals surface area contributed by atoms with E-state index in [1.807, 2.05) is 0 Å². The Labute approximate surface area is 109 Å². The number of nitrogens with zero attached hydrogens (tertiary/aromatic N) is 2. The number of aromatic nitrogens is 2. The molecule has 4 nitrogen and oxygen atoms in total. The molecule has 0 saturated heterocycles. The largest absolute Gasteiger partial charge is 0.476 e. The first kappa shape index (κ1) is 11.9. The van der Waals surface area contributed by atoms with Crippen LogP contribution in [0.15, 0.2) is 24.3 Å². The third kappa shape index (κ3) is 1.91. The van der Waals surface area contributed by atoms with E-state index in [0.717, 1.165) is 25.0 Å². The minimum Gasteiger partial charge on any atom is -0.476 e. The van der Waals surface area contributed by atoms with Crippen molar-refractivity contribution in [3.63, 3.8) is 0 Å². The average molecular weight is 260 g/mol. The van der Waals surface area contributed by atoms with Gasteiger partial charge in [0.25, 0.3) is 0 Å². The summed E-state index contributed by atoms with van der Waals surface area (Å²) >= 11 is 0. The summed E-state index contributed by atoms with van der Waals surface area (Å²) in [4.78, 5) is 11.3. The van der Waals surface area contributed by atoms with Gasteiger partial charge in [-0.3, -0.25) is 4.68 Å². The van der Waals surface area contributed by atoms with Crippen LogP contribution in [0.1, 0.15) is 29.0 Å². The third-order valence-corrected chi connectivity index (χ3v) is 3.44. The van der Waals surface area contributed by atoms with E-state index in [0.29, 0.717) is 17.7 Å². The summed E-state index contributed by atoms with van der Waals surface area (Å²) in [5, 5.41) is 13.4. The van der Waals surface area contributed by atoms with Crippen LogP contribution in [0.3, 0.4) is 0 Å². The fourth-order valence-electron chi connectivity index (χ4n) is 2.59. The second-order valence-corrected chi connectivity index (χ2v) is 4.64. The lowest BCUT2D eigenvalue weighted by Gasteiger charge is -2.14. The second-order valence-electron chi connectivity index (χ2n) is 4.64. The van der Waals surface area contributed by atoms with Gasteiger partial charge in [-0.05, 0) is 25.3 Å². The van der Waals surface area contributed by atoms with Crippen molar-refractivity contribution in [1.82, 2.24) is 9.78 Å². The molecule has 0 atom stereocenters. The number of carbonyl (C=O) groups is 1. The molecule has 2 aromatic rings. The van der Waals surface area contributed by atoms with Crippen LogP contribution in [0.2, 0.25) is 0 Å². The summed E-state index contributed by atoms with van der Waals surface area (Å²) in [6.45, 7) is 0.698. The zero-order valence-corrected chi connectivity index (χ0v) is 10.3. The third-order valence-electron chi connectivity index (χ3n) is 3.44. The molecule has 0 aliphatic carbocycles. The summed E-state index contributed by atoms with van der Waals surface area (Å²) < 4.78 is 15.6. The number of carboxylic acid groups (broad SMARTS) is 1. The molecule has 1 aliphatic rings. The first-order valence-corrected chi connectivity index (χ1v) is 6.26. The van der Waals surface area contributed by atoms with Crippen LogP contribution < -0.4 is 0 Å². The summed E-state index contributed by atoms with van der Waals surface area (Å²) in [5.74, 6) is -1.52. The van der Waals surface area contributed by atoms with Gasteiger partial charge in [0.15, 0.2) is 5.69 Å². The molecule has 3 rings (SSSR count). The van der Waals surface area contributed by atoms with Crippen LogP contribution in [0.4, 0.5) is 4.39 Å². The first-order chi connectivity index (χ1) is 9.18. The van der Waals surface area contributed by atoms with Crippen LogP contribution in [0.25, 0.3) is 11.1 Å². The highest BCUT2D eigenvalue weighted by Gasteiger charge is 2.26. The fourth-order valence-corrected chi connectivity index (χ4v) is 2.59. The van der Waals surface area contributed by atoms with E-state index in [1.165, 1.54) is 6.07 Å². The maximum absolute atomic E-state index is 13.9. The molecule has 0 spiro atoms. The summed E-state index contributed by atoms with van der Waals surface area (Å²) in [5.41, 5.74) is 1.53. The van der Waals surface area contributed by atoms with E-state index in [-0.39, 0.29) is 5.69 Å². The van der Waals surface area contributed by atoms with Gasteiger partial charge >= 0.3 is 5.97 Å². The molecule has 0 radical (unpaired) electrons. The van der Waals surface area contributed by atoms with Crippen molar-refractivity contribution in [2.24, 2.45) is 0 Å². The number of halogens is 1. The van der Waals surface area contributed by atoms with Crippen molar-refractivity contribution in [1.29, 1.82) is 0 Å². The number of carboxylic acids is 1. The Morgan fingerprint density at radius 2 is 2.11 bits per heavy atom. The molecule has 0 fully saturated rings. The normalized spacial score (nSPS) is 14.2. The van der Waals surface area contributed by atoms with Crippen LogP contribution >= 0.6 is 0 Å². The fraction of sp³-hybridized carbons (Fsp3) is 0.286. The van der Waals surface area contributed by atoms with Crippen LogP contribution in [-0.4, -0.2) is 20.9 Å². The molecular formula is C14H13FN2O2. The number of aromatic carboxylic acids is 1. The minimum atomic E-state index is -1.11. The Kier molecular flexibility index (Phi) is 2.81. The lowest BCUT2D eigenvalue weighted by Crippen LogP contribution is -2.11. The molecule has 0 unspecified atom stereocenters. The maximum atomic E-state index is 13.9. The van der Waals surface area contributed by atoms with Gasteiger partial charge in [-0.2, -0.15) is 5.10 Å². The summed E-state index contributed by atoms with van der Waals surface area (Å²) in [6, 6.07) is 6.24. The Balaban J connectivity index is 2.27.